The summed E-state index contributed by atoms with van der Waals surface area (Å²) in [6.45, 7) is 5.10. The zero-order valence-corrected chi connectivity index (χ0v) is 11.2. The minimum absolute atomic E-state index is 0.842. The van der Waals surface area contributed by atoms with E-state index in [0.717, 1.165) is 18.0 Å². The second-order valence-corrected chi connectivity index (χ2v) is 4.58. The second-order valence-electron chi connectivity index (χ2n) is 4.58. The maximum atomic E-state index is 5.14. The lowest BCUT2D eigenvalue weighted by Crippen LogP contribution is -2.00. The Balaban J connectivity index is 2.01. The maximum Gasteiger partial charge on any atom is 0.119 e. The third-order valence-corrected chi connectivity index (χ3v) is 2.87. The van der Waals surface area contributed by atoms with Gasteiger partial charge in [-0.3, -0.25) is 0 Å². The summed E-state index contributed by atoms with van der Waals surface area (Å²) in [5, 5.41) is 3.41. The average Bonchev–Trinajstić information content (AvgIpc) is 2.36. The van der Waals surface area contributed by atoms with Gasteiger partial charge in [0.1, 0.15) is 5.75 Å². The molecular formula is C16H19NO. The molecule has 0 aliphatic heterocycles. The number of hydrogen-bond donors (Lipinski definition) is 1. The smallest absolute Gasteiger partial charge is 0.119 e. The van der Waals surface area contributed by atoms with Crippen molar-refractivity contribution in [3.63, 3.8) is 0 Å². The molecule has 0 unspecified atom stereocenters. The van der Waals surface area contributed by atoms with Gasteiger partial charge in [-0.25, -0.2) is 0 Å². The highest BCUT2D eigenvalue weighted by Gasteiger charge is 1.97. The Morgan fingerprint density at radius 3 is 2.11 bits per heavy atom. The van der Waals surface area contributed by atoms with Gasteiger partial charge in [0.2, 0.25) is 0 Å². The maximum absolute atomic E-state index is 5.14. The summed E-state index contributed by atoms with van der Waals surface area (Å²) in [4.78, 5) is 0. The van der Waals surface area contributed by atoms with Gasteiger partial charge < -0.3 is 10.1 Å². The Hall–Kier alpha value is -1.96. The van der Waals surface area contributed by atoms with E-state index in [1.165, 1.54) is 16.7 Å². The summed E-state index contributed by atoms with van der Waals surface area (Å²) in [7, 11) is 1.68. The average molecular weight is 241 g/mol. The molecule has 0 bridgehead atoms. The first kappa shape index (κ1) is 12.5. The van der Waals surface area contributed by atoms with E-state index >= 15 is 0 Å². The van der Waals surface area contributed by atoms with Crippen LogP contribution in [0.15, 0.2) is 42.5 Å². The molecule has 2 aromatic carbocycles. The van der Waals surface area contributed by atoms with Gasteiger partial charge in [-0.15, -0.1) is 0 Å². The molecule has 0 saturated heterocycles. The topological polar surface area (TPSA) is 21.3 Å². The Morgan fingerprint density at radius 2 is 1.56 bits per heavy atom. The lowest BCUT2D eigenvalue weighted by atomic mass is 10.1. The van der Waals surface area contributed by atoms with Gasteiger partial charge in [-0.05, 0) is 43.7 Å². The molecule has 0 radical (unpaired) electrons. The van der Waals surface area contributed by atoms with Crippen LogP contribution in [0.25, 0.3) is 0 Å². The van der Waals surface area contributed by atoms with Gasteiger partial charge in [-0.1, -0.05) is 29.3 Å². The molecule has 1 N–H and O–H groups in total. The van der Waals surface area contributed by atoms with Crippen LogP contribution in [0, 0.1) is 13.8 Å². The van der Waals surface area contributed by atoms with Crippen LogP contribution < -0.4 is 10.1 Å². The zero-order chi connectivity index (χ0) is 13.0. The molecule has 0 atom stereocenters. The van der Waals surface area contributed by atoms with Crippen molar-refractivity contribution in [3.05, 3.63) is 59.2 Å². The Labute approximate surface area is 109 Å². The predicted octanol–water partition coefficient (Wildman–Crippen LogP) is 3.92. The lowest BCUT2D eigenvalue weighted by molar-refractivity contribution is 0.415. The number of benzene rings is 2. The van der Waals surface area contributed by atoms with Crippen molar-refractivity contribution >= 4 is 5.69 Å². The number of anilines is 1. The standard InChI is InChI=1S/C16H19NO/c1-12-8-13(2)10-14(9-12)11-17-15-4-6-16(18-3)7-5-15/h4-10,17H,11H2,1-3H3. The molecule has 2 nitrogen and oxygen atoms in total. The normalized spacial score (nSPS) is 10.2. The molecule has 94 valence electrons. The molecule has 2 heteroatoms. The Kier molecular flexibility index (Phi) is 3.88. The summed E-state index contributed by atoms with van der Waals surface area (Å²) >= 11 is 0. The van der Waals surface area contributed by atoms with Gasteiger partial charge in [0.15, 0.2) is 0 Å². The highest BCUT2D eigenvalue weighted by molar-refractivity contribution is 5.47. The molecule has 0 aromatic heterocycles. The summed E-state index contributed by atoms with van der Waals surface area (Å²) in [6, 6.07) is 14.6. The van der Waals surface area contributed by atoms with Crippen molar-refractivity contribution < 1.29 is 4.74 Å². The summed E-state index contributed by atoms with van der Waals surface area (Å²) in [6.07, 6.45) is 0. The van der Waals surface area contributed by atoms with E-state index < -0.39 is 0 Å². The van der Waals surface area contributed by atoms with Crippen molar-refractivity contribution in [1.29, 1.82) is 0 Å². The highest BCUT2D eigenvalue weighted by Crippen LogP contribution is 2.16. The fourth-order valence-corrected chi connectivity index (χ4v) is 2.08. The fourth-order valence-electron chi connectivity index (χ4n) is 2.08. The first-order chi connectivity index (χ1) is 8.67. The molecule has 2 rings (SSSR count). The third-order valence-electron chi connectivity index (χ3n) is 2.87. The number of methoxy groups -OCH3 is 1. The van der Waals surface area contributed by atoms with Crippen molar-refractivity contribution in [2.75, 3.05) is 12.4 Å². The Bertz CT molecular complexity index is 497. The van der Waals surface area contributed by atoms with Crippen LogP contribution in [0.2, 0.25) is 0 Å². The third kappa shape index (κ3) is 3.27. The number of aryl methyl sites for hydroxylation is 2. The molecule has 0 fully saturated rings. The van der Waals surface area contributed by atoms with Crippen LogP contribution >= 0.6 is 0 Å². The molecule has 0 heterocycles. The molecule has 0 aliphatic rings. The molecular weight excluding hydrogens is 222 g/mol. The van der Waals surface area contributed by atoms with E-state index in [2.05, 4.69) is 37.4 Å². The zero-order valence-electron chi connectivity index (χ0n) is 11.2. The molecule has 0 amide bonds. The number of nitrogens with one attached hydrogen (secondary N) is 1. The summed E-state index contributed by atoms with van der Waals surface area (Å²) < 4.78 is 5.14. The van der Waals surface area contributed by atoms with Gasteiger partial charge in [-0.2, -0.15) is 0 Å². The van der Waals surface area contributed by atoms with Crippen molar-refractivity contribution in [1.82, 2.24) is 0 Å². The second kappa shape index (κ2) is 5.58. The monoisotopic (exact) mass is 241 g/mol. The van der Waals surface area contributed by atoms with E-state index in [-0.39, 0.29) is 0 Å². The van der Waals surface area contributed by atoms with Crippen molar-refractivity contribution in [3.8, 4) is 5.75 Å². The van der Waals surface area contributed by atoms with Gasteiger partial charge in [0, 0.05) is 12.2 Å². The SMILES string of the molecule is COc1ccc(NCc2cc(C)cc(C)c2)cc1. The minimum Gasteiger partial charge on any atom is -0.497 e. The predicted molar refractivity (Wildman–Crippen MR) is 76.2 cm³/mol. The fraction of sp³-hybridized carbons (Fsp3) is 0.250. The van der Waals surface area contributed by atoms with Gasteiger partial charge in [0.05, 0.1) is 7.11 Å². The van der Waals surface area contributed by atoms with Crippen LogP contribution in [-0.2, 0) is 6.54 Å². The number of rotatable bonds is 4. The van der Waals surface area contributed by atoms with E-state index in [1.54, 1.807) is 7.11 Å². The summed E-state index contributed by atoms with van der Waals surface area (Å²) in [5.41, 5.74) is 5.03. The van der Waals surface area contributed by atoms with Gasteiger partial charge >= 0.3 is 0 Å². The van der Waals surface area contributed by atoms with Crippen LogP contribution in [0.5, 0.6) is 5.75 Å². The van der Waals surface area contributed by atoms with Crippen molar-refractivity contribution in [2.24, 2.45) is 0 Å². The first-order valence-corrected chi connectivity index (χ1v) is 6.12. The largest absolute Gasteiger partial charge is 0.497 e. The number of ether oxygens (including phenoxy) is 1. The van der Waals surface area contributed by atoms with E-state index in [0.29, 0.717) is 0 Å². The Morgan fingerprint density at radius 1 is 0.944 bits per heavy atom. The van der Waals surface area contributed by atoms with E-state index in [9.17, 15) is 0 Å². The molecule has 0 spiro atoms. The molecule has 0 saturated carbocycles. The highest BCUT2D eigenvalue weighted by atomic mass is 16.5. The first-order valence-electron chi connectivity index (χ1n) is 6.12. The molecule has 18 heavy (non-hydrogen) atoms. The summed E-state index contributed by atoms with van der Waals surface area (Å²) in [5.74, 6) is 0.881. The van der Waals surface area contributed by atoms with Crippen LogP contribution in [0.3, 0.4) is 0 Å². The van der Waals surface area contributed by atoms with Crippen LogP contribution in [0.4, 0.5) is 5.69 Å². The van der Waals surface area contributed by atoms with Crippen LogP contribution in [-0.4, -0.2) is 7.11 Å². The van der Waals surface area contributed by atoms with Crippen molar-refractivity contribution in [2.45, 2.75) is 20.4 Å². The van der Waals surface area contributed by atoms with E-state index in [4.69, 9.17) is 4.74 Å². The number of hydrogen-bond acceptors (Lipinski definition) is 2. The van der Waals surface area contributed by atoms with Gasteiger partial charge in [0.25, 0.3) is 0 Å². The molecule has 2 aromatic rings. The van der Waals surface area contributed by atoms with E-state index in [1.807, 2.05) is 24.3 Å². The molecule has 0 aliphatic carbocycles. The lowest BCUT2D eigenvalue weighted by Gasteiger charge is -2.09. The quantitative estimate of drug-likeness (QED) is 0.875. The van der Waals surface area contributed by atoms with Crippen LogP contribution in [0.1, 0.15) is 16.7 Å². The minimum atomic E-state index is 0.842.